The summed E-state index contributed by atoms with van der Waals surface area (Å²) in [6.45, 7) is 7.28. The third-order valence-electron chi connectivity index (χ3n) is 8.84. The summed E-state index contributed by atoms with van der Waals surface area (Å²) in [6.07, 6.45) is 0. The standard InChI is InChI=1S/C44H34N4O2/c1-27-41(43(49)35-23-21-31-13-5-7-15-33(31)25-35)28(2)46-39-19-11-12-20-40(39)48-30(4)42(29(3)47-38-18-10-9-17-37(38)45-27)44(50)36-24-22-32-14-6-8-16-34(32)26-36/h5-26H,1-4H3. The molecule has 0 aliphatic rings. The van der Waals surface area contributed by atoms with Crippen molar-refractivity contribution in [3.8, 4) is 0 Å². The van der Waals surface area contributed by atoms with Crippen molar-refractivity contribution in [3.05, 3.63) is 178 Å². The van der Waals surface area contributed by atoms with Gasteiger partial charge in [0.15, 0.2) is 11.6 Å². The molecule has 242 valence electrons. The SMILES string of the molecule is Cc1nc2ccccc2nc(C)c(C(=O)c2ccc3ccccc3c2)c(C)nc2ccccc2nc(C)c1C(=O)c1ccc2ccccc2c1. The number of nitrogens with zero attached hydrogens (tertiary/aromatic N) is 4. The Bertz CT molecular complexity index is 2370. The summed E-state index contributed by atoms with van der Waals surface area (Å²) in [5, 5.41) is 4.05. The van der Waals surface area contributed by atoms with Gasteiger partial charge in [-0.2, -0.15) is 0 Å². The second-order valence-electron chi connectivity index (χ2n) is 12.3. The van der Waals surface area contributed by atoms with E-state index in [0.717, 1.165) is 21.5 Å². The van der Waals surface area contributed by atoms with Crippen molar-refractivity contribution < 1.29 is 9.59 Å². The number of aryl methyl sites for hydroxylation is 4. The molecule has 0 aliphatic carbocycles. The van der Waals surface area contributed by atoms with Crippen LogP contribution in [0, 0.1) is 27.7 Å². The number of carbonyl (C=O) groups is 2. The van der Waals surface area contributed by atoms with Crippen LogP contribution in [0.25, 0.3) is 43.6 Å². The van der Waals surface area contributed by atoms with Crippen molar-refractivity contribution in [2.24, 2.45) is 0 Å². The van der Waals surface area contributed by atoms with E-state index in [1.165, 1.54) is 0 Å². The van der Waals surface area contributed by atoms with Gasteiger partial charge in [-0.05, 0) is 85.6 Å². The van der Waals surface area contributed by atoms with Crippen LogP contribution in [-0.4, -0.2) is 31.5 Å². The molecular weight excluding hydrogens is 617 g/mol. The third-order valence-corrected chi connectivity index (χ3v) is 8.84. The molecule has 0 atom stereocenters. The first-order valence-electron chi connectivity index (χ1n) is 16.5. The Morgan fingerprint density at radius 3 is 0.960 bits per heavy atom. The molecule has 0 bridgehead atoms. The van der Waals surface area contributed by atoms with Gasteiger partial charge in [0.25, 0.3) is 0 Å². The Hall–Kier alpha value is -6.40. The molecular formula is C44H34N4O2. The van der Waals surface area contributed by atoms with Gasteiger partial charge in [-0.3, -0.25) is 29.5 Å². The summed E-state index contributed by atoms with van der Waals surface area (Å²) >= 11 is 0. The molecule has 50 heavy (non-hydrogen) atoms. The first-order valence-corrected chi connectivity index (χ1v) is 16.5. The van der Waals surface area contributed by atoms with E-state index in [-0.39, 0.29) is 11.6 Å². The molecule has 6 nitrogen and oxygen atoms in total. The van der Waals surface area contributed by atoms with Crippen LogP contribution in [0.15, 0.2) is 133 Å². The first-order chi connectivity index (χ1) is 24.3. The molecule has 6 heteroatoms. The smallest absolute Gasteiger partial charge is 0.196 e. The number of rotatable bonds is 4. The minimum absolute atomic E-state index is 0.184. The Kier molecular flexibility index (Phi) is 8.75. The summed E-state index contributed by atoms with van der Waals surface area (Å²) in [7, 11) is 0. The summed E-state index contributed by atoms with van der Waals surface area (Å²) in [5.41, 5.74) is 6.09. The van der Waals surface area contributed by atoms with Gasteiger partial charge in [0, 0.05) is 11.1 Å². The molecule has 0 aliphatic heterocycles. The molecule has 7 rings (SSSR count). The molecule has 0 spiro atoms. The number of ketones is 2. The Morgan fingerprint density at radius 2 is 0.640 bits per heavy atom. The first kappa shape index (κ1) is 32.2. The van der Waals surface area contributed by atoms with Crippen LogP contribution in [0.5, 0.6) is 0 Å². The number of benzene rings is 6. The average Bonchev–Trinajstić information content (AvgIpc) is 3.12. The maximum atomic E-state index is 14.4. The molecule has 0 amide bonds. The number of fused-ring (bicyclic) bond motifs is 4. The highest BCUT2D eigenvalue weighted by Gasteiger charge is 2.18. The number of hydrogen-bond acceptors (Lipinski definition) is 6. The Morgan fingerprint density at radius 1 is 0.360 bits per heavy atom. The van der Waals surface area contributed by atoms with Gasteiger partial charge >= 0.3 is 0 Å². The Balaban J connectivity index is 1.54. The molecule has 0 N–H and O–H groups in total. The molecule has 1 aromatic heterocycles. The van der Waals surface area contributed by atoms with Crippen LogP contribution in [0.3, 0.4) is 0 Å². The minimum atomic E-state index is -0.184. The summed E-state index contributed by atoms with van der Waals surface area (Å²) < 4.78 is 0. The lowest BCUT2D eigenvalue weighted by atomic mass is 9.98. The van der Waals surface area contributed by atoms with Crippen LogP contribution in [0.1, 0.15) is 54.6 Å². The normalized spacial score (nSPS) is 11.0. The second kappa shape index (κ2) is 13.6. The number of para-hydroxylation sites is 4. The maximum Gasteiger partial charge on any atom is 0.196 e. The lowest BCUT2D eigenvalue weighted by molar-refractivity contribution is 0.102. The average molecular weight is 651 g/mol. The van der Waals surface area contributed by atoms with E-state index in [9.17, 15) is 9.59 Å². The number of carbonyl (C=O) groups excluding carboxylic acids is 2. The van der Waals surface area contributed by atoms with Crippen molar-refractivity contribution in [1.82, 2.24) is 19.9 Å². The van der Waals surface area contributed by atoms with Gasteiger partial charge < -0.3 is 0 Å². The molecule has 0 saturated carbocycles. The van der Waals surface area contributed by atoms with Crippen LogP contribution in [0.2, 0.25) is 0 Å². The highest BCUT2D eigenvalue weighted by molar-refractivity contribution is 6.13. The van der Waals surface area contributed by atoms with E-state index in [0.29, 0.717) is 67.1 Å². The molecule has 0 saturated heterocycles. The number of hydrogen-bond donors (Lipinski definition) is 0. The predicted octanol–water partition coefficient (Wildman–Crippen LogP) is 9.82. The lowest BCUT2D eigenvalue weighted by Gasteiger charge is -2.09. The van der Waals surface area contributed by atoms with E-state index in [1.54, 1.807) is 0 Å². The molecule has 0 fully saturated rings. The monoisotopic (exact) mass is 650 g/mol. The predicted molar refractivity (Wildman–Crippen MR) is 202 cm³/mol. The highest BCUT2D eigenvalue weighted by atomic mass is 16.1. The lowest BCUT2D eigenvalue weighted by Crippen LogP contribution is -2.08. The zero-order valence-corrected chi connectivity index (χ0v) is 28.3. The topological polar surface area (TPSA) is 85.7 Å². The quantitative estimate of drug-likeness (QED) is 0.176. The van der Waals surface area contributed by atoms with Crippen molar-refractivity contribution in [3.63, 3.8) is 0 Å². The summed E-state index contributed by atoms with van der Waals surface area (Å²) in [5.74, 6) is -0.368. The van der Waals surface area contributed by atoms with E-state index in [4.69, 9.17) is 19.9 Å². The highest BCUT2D eigenvalue weighted by Crippen LogP contribution is 2.23. The van der Waals surface area contributed by atoms with E-state index in [2.05, 4.69) is 0 Å². The van der Waals surface area contributed by atoms with Gasteiger partial charge in [-0.15, -0.1) is 0 Å². The van der Waals surface area contributed by atoms with Crippen molar-refractivity contribution in [2.75, 3.05) is 0 Å². The summed E-state index contributed by atoms with van der Waals surface area (Å²) in [4.78, 5) is 48.7. The minimum Gasteiger partial charge on any atom is -0.288 e. The molecule has 0 unspecified atom stereocenters. The Labute approximate surface area is 290 Å². The fourth-order valence-electron chi connectivity index (χ4n) is 6.38. The van der Waals surface area contributed by atoms with Crippen LogP contribution < -0.4 is 0 Å². The van der Waals surface area contributed by atoms with Gasteiger partial charge in [0.2, 0.25) is 0 Å². The molecule has 0 radical (unpaired) electrons. The maximum absolute atomic E-state index is 14.4. The van der Waals surface area contributed by atoms with E-state index in [1.807, 2.05) is 161 Å². The van der Waals surface area contributed by atoms with Crippen molar-refractivity contribution >= 4 is 55.2 Å². The summed E-state index contributed by atoms with van der Waals surface area (Å²) in [6, 6.07) is 42.3. The van der Waals surface area contributed by atoms with Crippen molar-refractivity contribution in [1.29, 1.82) is 0 Å². The van der Waals surface area contributed by atoms with Crippen LogP contribution >= 0.6 is 0 Å². The van der Waals surface area contributed by atoms with Gasteiger partial charge in [0.05, 0.1) is 56.0 Å². The van der Waals surface area contributed by atoms with Gasteiger partial charge in [-0.1, -0.05) is 97.1 Å². The van der Waals surface area contributed by atoms with E-state index >= 15 is 0 Å². The molecule has 6 aromatic carbocycles. The van der Waals surface area contributed by atoms with Gasteiger partial charge in [0.1, 0.15) is 0 Å². The fraction of sp³-hybridized carbons (Fsp3) is 0.0909. The fourth-order valence-corrected chi connectivity index (χ4v) is 6.38. The van der Waals surface area contributed by atoms with Crippen LogP contribution in [-0.2, 0) is 0 Å². The van der Waals surface area contributed by atoms with Crippen molar-refractivity contribution in [2.45, 2.75) is 27.7 Å². The van der Waals surface area contributed by atoms with Crippen LogP contribution in [0.4, 0.5) is 0 Å². The third kappa shape index (κ3) is 6.39. The molecule has 1 heterocycles. The molecule has 7 aromatic rings. The van der Waals surface area contributed by atoms with E-state index < -0.39 is 0 Å². The van der Waals surface area contributed by atoms with Gasteiger partial charge in [-0.25, -0.2) is 0 Å². The second-order valence-corrected chi connectivity index (χ2v) is 12.3. The zero-order valence-electron chi connectivity index (χ0n) is 28.3. The zero-order chi connectivity index (χ0) is 34.8. The largest absolute Gasteiger partial charge is 0.288 e. The number of aromatic nitrogens is 4.